The zero-order chi connectivity index (χ0) is 16.1. The molecule has 0 saturated carbocycles. The maximum Gasteiger partial charge on any atom is 0.313 e. The molecule has 0 amide bonds. The Labute approximate surface area is 138 Å². The number of rotatable bonds is 5. The summed E-state index contributed by atoms with van der Waals surface area (Å²) < 4.78 is 5.78. The molecule has 0 N–H and O–H groups in total. The Kier molecular flexibility index (Phi) is 5.50. The molecule has 0 aliphatic carbocycles. The summed E-state index contributed by atoms with van der Waals surface area (Å²) in [5, 5.41) is 0. The van der Waals surface area contributed by atoms with E-state index in [1.54, 1.807) is 6.07 Å². The quantitative estimate of drug-likeness (QED) is 0.590. The van der Waals surface area contributed by atoms with Crippen molar-refractivity contribution in [3.63, 3.8) is 0 Å². The van der Waals surface area contributed by atoms with Crippen molar-refractivity contribution in [3.8, 4) is 0 Å². The first kappa shape index (κ1) is 16.4. The first-order chi connectivity index (χ1) is 10.5. The molecule has 0 spiro atoms. The number of hydrogen-bond acceptors (Lipinski definition) is 3. The van der Waals surface area contributed by atoms with E-state index in [4.69, 9.17) is 4.74 Å². The second-order valence-corrected chi connectivity index (χ2v) is 6.04. The standard InChI is InChI=1S/C18H17BrO3/c1-12-4-3-5-14(10-12)17(20)11-16(18(21)22-2)13-6-8-15(19)9-7-13/h3-10,16H,11H2,1-2H3/t16-/m1/s1. The molecule has 1 atom stereocenters. The summed E-state index contributed by atoms with van der Waals surface area (Å²) in [6, 6.07) is 14.7. The molecule has 0 aliphatic heterocycles. The smallest absolute Gasteiger partial charge is 0.313 e. The number of hydrogen-bond donors (Lipinski definition) is 0. The number of ether oxygens (including phenoxy) is 1. The van der Waals surface area contributed by atoms with Crippen molar-refractivity contribution in [2.75, 3.05) is 7.11 Å². The van der Waals surface area contributed by atoms with Gasteiger partial charge in [-0.05, 0) is 30.7 Å². The minimum absolute atomic E-state index is 0.0676. The first-order valence-corrected chi connectivity index (χ1v) is 7.73. The molecule has 4 heteroatoms. The van der Waals surface area contributed by atoms with Crippen molar-refractivity contribution in [1.29, 1.82) is 0 Å². The summed E-state index contributed by atoms with van der Waals surface area (Å²) in [7, 11) is 1.34. The fraction of sp³-hybridized carbons (Fsp3) is 0.222. The van der Waals surface area contributed by atoms with Gasteiger partial charge < -0.3 is 4.74 Å². The highest BCUT2D eigenvalue weighted by atomic mass is 79.9. The van der Waals surface area contributed by atoms with Crippen LogP contribution < -0.4 is 0 Å². The van der Waals surface area contributed by atoms with Crippen molar-refractivity contribution in [2.24, 2.45) is 0 Å². The van der Waals surface area contributed by atoms with Crippen LogP contribution in [0.4, 0.5) is 0 Å². The van der Waals surface area contributed by atoms with Gasteiger partial charge in [0.2, 0.25) is 0 Å². The highest BCUT2D eigenvalue weighted by Crippen LogP contribution is 2.25. The maximum absolute atomic E-state index is 12.5. The molecule has 0 bridgehead atoms. The van der Waals surface area contributed by atoms with Gasteiger partial charge in [-0.25, -0.2) is 0 Å². The molecule has 2 aromatic rings. The number of carbonyl (C=O) groups is 2. The van der Waals surface area contributed by atoms with Crippen LogP contribution in [0.5, 0.6) is 0 Å². The van der Waals surface area contributed by atoms with Crippen molar-refractivity contribution >= 4 is 27.7 Å². The molecule has 0 aromatic heterocycles. The van der Waals surface area contributed by atoms with Crippen molar-refractivity contribution < 1.29 is 14.3 Å². The Hall–Kier alpha value is -1.94. The van der Waals surface area contributed by atoms with Gasteiger partial charge in [0.25, 0.3) is 0 Å². The van der Waals surface area contributed by atoms with E-state index in [2.05, 4.69) is 15.9 Å². The van der Waals surface area contributed by atoms with Crippen molar-refractivity contribution in [3.05, 3.63) is 69.7 Å². The van der Waals surface area contributed by atoms with Gasteiger partial charge in [0.15, 0.2) is 5.78 Å². The Bertz CT molecular complexity index is 677. The summed E-state index contributed by atoms with van der Waals surface area (Å²) in [4.78, 5) is 24.5. The highest BCUT2D eigenvalue weighted by Gasteiger charge is 2.25. The van der Waals surface area contributed by atoms with E-state index in [0.717, 1.165) is 15.6 Å². The number of ketones is 1. The average molecular weight is 361 g/mol. The first-order valence-electron chi connectivity index (χ1n) is 6.94. The molecule has 2 aromatic carbocycles. The molecule has 2 rings (SSSR count). The van der Waals surface area contributed by atoms with E-state index >= 15 is 0 Å². The van der Waals surface area contributed by atoms with Gasteiger partial charge in [-0.3, -0.25) is 9.59 Å². The summed E-state index contributed by atoms with van der Waals surface area (Å²) in [5.74, 6) is -1.06. The van der Waals surface area contributed by atoms with E-state index < -0.39 is 11.9 Å². The van der Waals surface area contributed by atoms with Gasteiger partial charge in [0.05, 0.1) is 13.0 Å². The fourth-order valence-corrected chi connectivity index (χ4v) is 2.56. The number of halogens is 1. The summed E-state index contributed by atoms with van der Waals surface area (Å²) in [6.45, 7) is 1.93. The lowest BCUT2D eigenvalue weighted by atomic mass is 9.91. The largest absolute Gasteiger partial charge is 0.469 e. The third kappa shape index (κ3) is 4.04. The van der Waals surface area contributed by atoms with Crippen LogP contribution in [0.3, 0.4) is 0 Å². The molecule has 0 aliphatic rings. The van der Waals surface area contributed by atoms with Gasteiger partial charge >= 0.3 is 5.97 Å². The molecule has 0 saturated heterocycles. The lowest BCUT2D eigenvalue weighted by Crippen LogP contribution is -2.18. The predicted octanol–water partition coefficient (Wildman–Crippen LogP) is 4.29. The lowest BCUT2D eigenvalue weighted by Gasteiger charge is -2.14. The van der Waals surface area contributed by atoms with Crippen LogP contribution in [0.25, 0.3) is 0 Å². The average Bonchev–Trinajstić information content (AvgIpc) is 2.52. The van der Waals surface area contributed by atoms with E-state index in [0.29, 0.717) is 5.56 Å². The Morgan fingerprint density at radius 1 is 1.14 bits per heavy atom. The number of aryl methyl sites for hydroxylation is 1. The van der Waals surface area contributed by atoms with Gasteiger partial charge in [-0.15, -0.1) is 0 Å². The van der Waals surface area contributed by atoms with Gasteiger partial charge in [0, 0.05) is 16.5 Å². The van der Waals surface area contributed by atoms with Gasteiger partial charge in [0.1, 0.15) is 0 Å². The minimum atomic E-state index is -0.592. The van der Waals surface area contributed by atoms with Crippen molar-refractivity contribution in [1.82, 2.24) is 0 Å². The lowest BCUT2D eigenvalue weighted by molar-refractivity contribution is -0.142. The van der Waals surface area contributed by atoms with Crippen LogP contribution in [0.1, 0.15) is 33.8 Å². The zero-order valence-electron chi connectivity index (χ0n) is 12.5. The van der Waals surface area contributed by atoms with Crippen LogP contribution >= 0.6 is 15.9 Å². The third-order valence-electron chi connectivity index (χ3n) is 3.49. The molecule has 0 heterocycles. The Morgan fingerprint density at radius 3 is 2.41 bits per heavy atom. The van der Waals surface area contributed by atoms with Gasteiger partial charge in [-0.2, -0.15) is 0 Å². The van der Waals surface area contributed by atoms with Gasteiger partial charge in [-0.1, -0.05) is 51.8 Å². The van der Waals surface area contributed by atoms with Crippen LogP contribution in [0.2, 0.25) is 0 Å². The third-order valence-corrected chi connectivity index (χ3v) is 4.02. The maximum atomic E-state index is 12.5. The monoisotopic (exact) mass is 360 g/mol. The molecule has 114 valence electrons. The second kappa shape index (κ2) is 7.36. The summed E-state index contributed by atoms with van der Waals surface area (Å²) >= 11 is 3.36. The normalized spacial score (nSPS) is 11.8. The van der Waals surface area contributed by atoms with E-state index in [-0.39, 0.29) is 12.2 Å². The van der Waals surface area contributed by atoms with Crippen LogP contribution in [-0.4, -0.2) is 18.9 Å². The second-order valence-electron chi connectivity index (χ2n) is 5.12. The fourth-order valence-electron chi connectivity index (χ4n) is 2.30. The molecule has 0 fully saturated rings. The number of esters is 1. The van der Waals surface area contributed by atoms with E-state index in [9.17, 15) is 9.59 Å². The van der Waals surface area contributed by atoms with Crippen LogP contribution in [0, 0.1) is 6.92 Å². The minimum Gasteiger partial charge on any atom is -0.469 e. The highest BCUT2D eigenvalue weighted by molar-refractivity contribution is 9.10. The summed E-state index contributed by atoms with van der Waals surface area (Å²) in [5.41, 5.74) is 2.41. The number of methoxy groups -OCH3 is 1. The molecular formula is C18H17BrO3. The Morgan fingerprint density at radius 2 is 1.82 bits per heavy atom. The molecular weight excluding hydrogens is 344 g/mol. The SMILES string of the molecule is COC(=O)[C@H](CC(=O)c1cccc(C)c1)c1ccc(Br)cc1. The number of Topliss-reactive ketones (excluding diaryl/α,β-unsaturated/α-hetero) is 1. The molecule has 3 nitrogen and oxygen atoms in total. The van der Waals surface area contributed by atoms with Crippen LogP contribution in [0.15, 0.2) is 53.0 Å². The predicted molar refractivity (Wildman–Crippen MR) is 89.0 cm³/mol. The van der Waals surface area contributed by atoms with Crippen molar-refractivity contribution in [2.45, 2.75) is 19.3 Å². The summed E-state index contributed by atoms with van der Waals surface area (Å²) in [6.07, 6.45) is 0.0950. The zero-order valence-corrected chi connectivity index (χ0v) is 14.1. The van der Waals surface area contributed by atoms with E-state index in [1.807, 2.05) is 49.4 Å². The topological polar surface area (TPSA) is 43.4 Å². The van der Waals surface area contributed by atoms with Crippen LogP contribution in [-0.2, 0) is 9.53 Å². The number of carbonyl (C=O) groups excluding carboxylic acids is 2. The number of benzene rings is 2. The Balaban J connectivity index is 2.25. The van der Waals surface area contributed by atoms with E-state index in [1.165, 1.54) is 7.11 Å². The molecule has 0 radical (unpaired) electrons. The molecule has 22 heavy (non-hydrogen) atoms. The molecule has 0 unspecified atom stereocenters.